The third-order valence-corrected chi connectivity index (χ3v) is 4.09. The van der Waals surface area contributed by atoms with E-state index in [0.29, 0.717) is 10.7 Å². The lowest BCUT2D eigenvalue weighted by Crippen LogP contribution is -2.11. The molecule has 1 heterocycles. The van der Waals surface area contributed by atoms with Gasteiger partial charge in [-0.1, -0.05) is 6.07 Å². The minimum atomic E-state index is -1.07. The molecule has 3 aromatic rings. The quantitative estimate of drug-likeness (QED) is 0.754. The number of anilines is 1. The van der Waals surface area contributed by atoms with E-state index < -0.39 is 17.7 Å². The Kier molecular flexibility index (Phi) is 4.35. The van der Waals surface area contributed by atoms with Gasteiger partial charge in [0.1, 0.15) is 10.8 Å². The highest BCUT2D eigenvalue weighted by Crippen LogP contribution is 2.25. The largest absolute Gasteiger partial charge is 0.476 e. The van der Waals surface area contributed by atoms with Gasteiger partial charge in [0.25, 0.3) is 5.91 Å². The van der Waals surface area contributed by atoms with Crippen molar-refractivity contribution in [2.24, 2.45) is 0 Å². The highest BCUT2D eigenvalue weighted by molar-refractivity contribution is 7.13. The highest BCUT2D eigenvalue weighted by atomic mass is 32.1. The number of carbonyl (C=O) groups is 2. The highest BCUT2D eigenvalue weighted by Gasteiger charge is 2.11. The molecule has 2 N–H and O–H groups in total. The maximum Gasteiger partial charge on any atom is 0.355 e. The number of carbonyl (C=O) groups excluding carboxylic acids is 1. The molecule has 0 fully saturated rings. The molecule has 0 aliphatic carbocycles. The number of halogens is 1. The fourth-order valence-electron chi connectivity index (χ4n) is 2.03. The molecular weight excluding hydrogens is 331 g/mol. The van der Waals surface area contributed by atoms with E-state index in [-0.39, 0.29) is 11.3 Å². The predicted octanol–water partition coefficient (Wildman–Crippen LogP) is 3.90. The molecule has 0 atom stereocenters. The number of carboxylic acids is 1. The molecule has 0 saturated heterocycles. The molecule has 0 bridgehead atoms. The predicted molar refractivity (Wildman–Crippen MR) is 88.9 cm³/mol. The Morgan fingerprint density at radius 1 is 1.12 bits per heavy atom. The van der Waals surface area contributed by atoms with Gasteiger partial charge >= 0.3 is 5.97 Å². The van der Waals surface area contributed by atoms with E-state index in [4.69, 9.17) is 5.11 Å². The number of rotatable bonds is 4. The van der Waals surface area contributed by atoms with E-state index in [2.05, 4.69) is 10.3 Å². The molecule has 0 aliphatic rings. The zero-order valence-corrected chi connectivity index (χ0v) is 13.0. The smallest absolute Gasteiger partial charge is 0.355 e. The lowest BCUT2D eigenvalue weighted by atomic mass is 10.2. The van der Waals surface area contributed by atoms with Crippen molar-refractivity contribution in [3.05, 3.63) is 71.0 Å². The molecule has 0 aliphatic heterocycles. The van der Waals surface area contributed by atoms with Crippen LogP contribution >= 0.6 is 11.3 Å². The molecule has 7 heteroatoms. The standard InChI is InChI=1S/C17H11FN2O3S/c18-12-3-1-2-11(8-12)15(21)19-13-6-4-10(5-7-13)16-20-14(9-24-16)17(22)23/h1-9H,(H,19,21)(H,22,23). The zero-order valence-electron chi connectivity index (χ0n) is 12.2. The molecule has 0 spiro atoms. The van der Waals surface area contributed by atoms with Crippen molar-refractivity contribution in [1.29, 1.82) is 0 Å². The van der Waals surface area contributed by atoms with Crippen LogP contribution in [-0.4, -0.2) is 22.0 Å². The van der Waals surface area contributed by atoms with Crippen LogP contribution in [0.5, 0.6) is 0 Å². The van der Waals surface area contributed by atoms with Crippen LogP contribution < -0.4 is 5.32 Å². The van der Waals surface area contributed by atoms with E-state index in [0.717, 1.165) is 11.6 Å². The van der Waals surface area contributed by atoms with Crippen LogP contribution in [0.4, 0.5) is 10.1 Å². The summed E-state index contributed by atoms with van der Waals surface area (Å²) in [7, 11) is 0. The maximum absolute atomic E-state index is 13.1. The first-order valence-electron chi connectivity index (χ1n) is 6.89. The van der Waals surface area contributed by atoms with Gasteiger partial charge in [-0.3, -0.25) is 4.79 Å². The number of thiazole rings is 1. The Morgan fingerprint density at radius 2 is 1.88 bits per heavy atom. The minimum absolute atomic E-state index is 0.00140. The van der Waals surface area contributed by atoms with Gasteiger partial charge in [0, 0.05) is 22.2 Å². The Bertz CT molecular complexity index is 906. The van der Waals surface area contributed by atoms with Crippen LogP contribution in [0.15, 0.2) is 53.9 Å². The molecule has 3 rings (SSSR count). The summed E-state index contributed by atoms with van der Waals surface area (Å²) in [6, 6.07) is 12.2. The van der Waals surface area contributed by atoms with Crippen molar-refractivity contribution in [3.8, 4) is 10.6 Å². The van der Waals surface area contributed by atoms with E-state index in [1.54, 1.807) is 24.3 Å². The first-order chi connectivity index (χ1) is 11.5. The zero-order chi connectivity index (χ0) is 17.1. The normalized spacial score (nSPS) is 10.4. The van der Waals surface area contributed by atoms with Crippen molar-refractivity contribution in [1.82, 2.24) is 4.98 Å². The number of hydrogen-bond acceptors (Lipinski definition) is 4. The van der Waals surface area contributed by atoms with Gasteiger partial charge in [-0.15, -0.1) is 11.3 Å². The van der Waals surface area contributed by atoms with E-state index in [1.165, 1.54) is 34.9 Å². The van der Waals surface area contributed by atoms with Crippen molar-refractivity contribution < 1.29 is 19.1 Å². The Labute approximate surface area is 140 Å². The summed E-state index contributed by atoms with van der Waals surface area (Å²) in [5.74, 6) is -1.96. The molecule has 120 valence electrons. The van der Waals surface area contributed by atoms with Crippen molar-refractivity contribution in [3.63, 3.8) is 0 Å². The van der Waals surface area contributed by atoms with Gasteiger partial charge in [-0.25, -0.2) is 14.2 Å². The first-order valence-corrected chi connectivity index (χ1v) is 7.77. The van der Waals surface area contributed by atoms with Gasteiger partial charge in [0.05, 0.1) is 0 Å². The van der Waals surface area contributed by atoms with Crippen molar-refractivity contribution >= 4 is 28.9 Å². The number of aromatic nitrogens is 1. The lowest BCUT2D eigenvalue weighted by molar-refractivity contribution is 0.0691. The second-order valence-electron chi connectivity index (χ2n) is 4.88. The summed E-state index contributed by atoms with van der Waals surface area (Å²) >= 11 is 1.23. The third-order valence-electron chi connectivity index (χ3n) is 3.20. The molecule has 1 aromatic heterocycles. The molecule has 0 saturated carbocycles. The van der Waals surface area contributed by atoms with Crippen LogP contribution in [0.2, 0.25) is 0 Å². The lowest BCUT2D eigenvalue weighted by Gasteiger charge is -2.06. The summed E-state index contributed by atoms with van der Waals surface area (Å²) < 4.78 is 13.1. The van der Waals surface area contributed by atoms with E-state index in [9.17, 15) is 14.0 Å². The number of hydrogen-bond donors (Lipinski definition) is 2. The van der Waals surface area contributed by atoms with Crippen LogP contribution in [0, 0.1) is 5.82 Å². The molecule has 2 aromatic carbocycles. The summed E-state index contributed by atoms with van der Waals surface area (Å²) in [4.78, 5) is 26.9. The molecule has 1 amide bonds. The monoisotopic (exact) mass is 342 g/mol. The van der Waals surface area contributed by atoms with Crippen LogP contribution in [0.25, 0.3) is 10.6 Å². The molecule has 5 nitrogen and oxygen atoms in total. The minimum Gasteiger partial charge on any atom is -0.476 e. The molecule has 24 heavy (non-hydrogen) atoms. The number of benzene rings is 2. The fraction of sp³-hybridized carbons (Fsp3) is 0. The SMILES string of the molecule is O=C(Nc1ccc(-c2nc(C(=O)O)cs2)cc1)c1cccc(F)c1. The second-order valence-corrected chi connectivity index (χ2v) is 5.74. The molecular formula is C17H11FN2O3S. The van der Waals surface area contributed by atoms with Gasteiger partial charge in [-0.2, -0.15) is 0 Å². The third kappa shape index (κ3) is 3.47. The van der Waals surface area contributed by atoms with Gasteiger partial charge < -0.3 is 10.4 Å². The van der Waals surface area contributed by atoms with Crippen LogP contribution in [0.1, 0.15) is 20.8 Å². The maximum atomic E-state index is 13.1. The van der Waals surface area contributed by atoms with E-state index >= 15 is 0 Å². The number of carboxylic acid groups (broad SMARTS) is 1. The Morgan fingerprint density at radius 3 is 2.50 bits per heavy atom. The van der Waals surface area contributed by atoms with Crippen LogP contribution in [0.3, 0.4) is 0 Å². The molecule has 0 unspecified atom stereocenters. The van der Waals surface area contributed by atoms with E-state index in [1.807, 2.05) is 0 Å². The topological polar surface area (TPSA) is 79.3 Å². The summed E-state index contributed by atoms with van der Waals surface area (Å²) in [5.41, 5.74) is 1.52. The Hall–Kier alpha value is -3.06. The summed E-state index contributed by atoms with van der Waals surface area (Å²) in [5, 5.41) is 13.6. The fourth-order valence-corrected chi connectivity index (χ4v) is 2.83. The average molecular weight is 342 g/mol. The summed E-state index contributed by atoms with van der Waals surface area (Å²) in [6.07, 6.45) is 0. The van der Waals surface area contributed by atoms with Crippen molar-refractivity contribution in [2.75, 3.05) is 5.32 Å². The van der Waals surface area contributed by atoms with Crippen molar-refractivity contribution in [2.45, 2.75) is 0 Å². The number of aromatic carboxylic acids is 1. The second kappa shape index (κ2) is 6.59. The van der Waals surface area contributed by atoms with Gasteiger partial charge in [0.15, 0.2) is 5.69 Å². The Balaban J connectivity index is 1.74. The van der Waals surface area contributed by atoms with Gasteiger partial charge in [-0.05, 0) is 42.5 Å². The average Bonchev–Trinajstić information content (AvgIpc) is 3.06. The van der Waals surface area contributed by atoms with Gasteiger partial charge in [0.2, 0.25) is 0 Å². The molecule has 0 radical (unpaired) electrons. The summed E-state index contributed by atoms with van der Waals surface area (Å²) in [6.45, 7) is 0. The number of nitrogens with zero attached hydrogens (tertiary/aromatic N) is 1. The van der Waals surface area contributed by atoms with Crippen LogP contribution in [-0.2, 0) is 0 Å². The first kappa shape index (κ1) is 15.8. The number of nitrogens with one attached hydrogen (secondary N) is 1. The number of amides is 1.